The zero-order chi connectivity index (χ0) is 20.2. The molecule has 0 aliphatic heterocycles. The number of carbonyl (C=O) groups is 1. The Labute approximate surface area is 154 Å². The van der Waals surface area contributed by atoms with Crippen molar-refractivity contribution in [2.24, 2.45) is 0 Å². The zero-order valence-corrected chi connectivity index (χ0v) is 15.5. The van der Waals surface area contributed by atoms with Crippen molar-refractivity contribution in [3.05, 3.63) is 35.2 Å². The van der Waals surface area contributed by atoms with Crippen molar-refractivity contribution >= 4 is 5.91 Å². The van der Waals surface area contributed by atoms with E-state index in [1.54, 1.807) is 20.8 Å². The number of halogens is 3. The summed E-state index contributed by atoms with van der Waals surface area (Å²) in [7, 11) is 0. The lowest BCUT2D eigenvalue weighted by atomic mass is 10.1. The minimum atomic E-state index is -4.64. The van der Waals surface area contributed by atoms with Gasteiger partial charge >= 0.3 is 6.18 Å². The number of carbonyl (C=O) groups excluding carboxylic acids is 1. The number of rotatable bonds is 7. The summed E-state index contributed by atoms with van der Waals surface area (Å²) in [6, 6.07) is 3.64. The fraction of sp³-hybridized carbons (Fsp3) is 0.444. The van der Waals surface area contributed by atoms with Gasteiger partial charge in [-0.05, 0) is 45.9 Å². The number of hydrogen-bond donors (Lipinski definition) is 0. The summed E-state index contributed by atoms with van der Waals surface area (Å²) in [6.07, 6.45) is -4.64. The lowest BCUT2D eigenvalue weighted by Crippen LogP contribution is -2.17. The van der Waals surface area contributed by atoms with Gasteiger partial charge in [-0.25, -0.2) is 4.68 Å². The van der Waals surface area contributed by atoms with Crippen LogP contribution in [-0.4, -0.2) is 35.5 Å². The average Bonchev–Trinajstić information content (AvgIpc) is 2.99. The molecule has 0 amide bonds. The van der Waals surface area contributed by atoms with E-state index in [9.17, 15) is 18.0 Å². The molecule has 0 atom stereocenters. The minimum absolute atomic E-state index is 0.0668. The van der Waals surface area contributed by atoms with E-state index in [0.717, 1.165) is 6.07 Å². The molecule has 6 nitrogen and oxygen atoms in total. The molecule has 0 N–H and O–H groups in total. The van der Waals surface area contributed by atoms with Crippen LogP contribution in [0.25, 0.3) is 0 Å². The highest BCUT2D eigenvalue weighted by Crippen LogP contribution is 2.39. The largest absolute Gasteiger partial charge is 0.490 e. The van der Waals surface area contributed by atoms with Crippen molar-refractivity contribution in [3.8, 4) is 17.2 Å². The molecule has 0 saturated carbocycles. The topological polar surface area (TPSA) is 62.6 Å². The van der Waals surface area contributed by atoms with Gasteiger partial charge in [-0.15, -0.1) is 0 Å². The van der Waals surface area contributed by atoms with Crippen LogP contribution in [0.3, 0.4) is 0 Å². The fourth-order valence-electron chi connectivity index (χ4n) is 2.45. The molecule has 1 aromatic carbocycles. The third-order valence-corrected chi connectivity index (χ3v) is 3.53. The predicted octanol–water partition coefficient (Wildman–Crippen LogP) is 4.09. The second kappa shape index (κ2) is 8.32. The maximum Gasteiger partial charge on any atom is 0.435 e. The maximum absolute atomic E-state index is 12.9. The highest BCUT2D eigenvalue weighted by molar-refractivity contribution is 5.97. The van der Waals surface area contributed by atoms with E-state index in [-0.39, 0.29) is 22.8 Å². The van der Waals surface area contributed by atoms with Crippen molar-refractivity contribution in [1.82, 2.24) is 9.78 Å². The van der Waals surface area contributed by atoms with Gasteiger partial charge in [0.05, 0.1) is 19.8 Å². The maximum atomic E-state index is 12.9. The number of ether oxygens (including phenoxy) is 3. The van der Waals surface area contributed by atoms with Crippen LogP contribution in [0, 0.1) is 6.92 Å². The Kier molecular flexibility index (Phi) is 6.35. The summed E-state index contributed by atoms with van der Waals surface area (Å²) in [6.45, 7) is 7.65. The highest BCUT2D eigenvalue weighted by Gasteiger charge is 2.35. The number of alkyl halides is 3. The zero-order valence-electron chi connectivity index (χ0n) is 15.5. The first-order valence-corrected chi connectivity index (χ1v) is 8.47. The van der Waals surface area contributed by atoms with Gasteiger partial charge < -0.3 is 14.2 Å². The van der Waals surface area contributed by atoms with Gasteiger partial charge in [0.2, 0.25) is 5.75 Å². The van der Waals surface area contributed by atoms with Crippen LogP contribution in [0.15, 0.2) is 18.2 Å². The summed E-state index contributed by atoms with van der Waals surface area (Å²) >= 11 is 0. The second-order valence-corrected chi connectivity index (χ2v) is 5.49. The first-order chi connectivity index (χ1) is 12.7. The molecule has 1 aromatic heterocycles. The Morgan fingerprint density at radius 3 is 1.93 bits per heavy atom. The van der Waals surface area contributed by atoms with Crippen molar-refractivity contribution in [2.75, 3.05) is 19.8 Å². The number of hydrogen-bond acceptors (Lipinski definition) is 5. The van der Waals surface area contributed by atoms with Crippen molar-refractivity contribution in [2.45, 2.75) is 33.9 Å². The molecular weight excluding hydrogens is 365 g/mol. The standard InChI is InChI=1S/C18H21F3N2O4/c1-5-25-13-9-12(10-14(26-6-2)16(13)27-7-3)17(24)23-11(4)8-15(22-23)18(19,20)21/h8-10H,5-7H2,1-4H3. The monoisotopic (exact) mass is 386 g/mol. The van der Waals surface area contributed by atoms with Crippen molar-refractivity contribution in [3.63, 3.8) is 0 Å². The summed E-state index contributed by atoms with van der Waals surface area (Å²) in [4.78, 5) is 12.8. The molecule has 0 fully saturated rings. The third kappa shape index (κ3) is 4.53. The normalized spacial score (nSPS) is 11.4. The smallest absolute Gasteiger partial charge is 0.435 e. The number of aromatic nitrogens is 2. The van der Waals surface area contributed by atoms with E-state index in [1.165, 1.54) is 19.1 Å². The summed E-state index contributed by atoms with van der Waals surface area (Å²) in [5.74, 6) is 0.155. The molecule has 27 heavy (non-hydrogen) atoms. The molecular formula is C18H21F3N2O4. The van der Waals surface area contributed by atoms with Crippen LogP contribution < -0.4 is 14.2 Å². The lowest BCUT2D eigenvalue weighted by molar-refractivity contribution is -0.141. The van der Waals surface area contributed by atoms with Gasteiger partial charge in [0.15, 0.2) is 17.2 Å². The number of benzene rings is 1. The number of aryl methyl sites for hydroxylation is 1. The molecule has 148 valence electrons. The molecule has 0 radical (unpaired) electrons. The van der Waals surface area contributed by atoms with Crippen molar-refractivity contribution < 1.29 is 32.2 Å². The van der Waals surface area contributed by atoms with E-state index in [2.05, 4.69) is 5.10 Å². The van der Waals surface area contributed by atoms with Crippen molar-refractivity contribution in [1.29, 1.82) is 0 Å². The van der Waals surface area contributed by atoms with Crippen LogP contribution in [0.2, 0.25) is 0 Å². The average molecular weight is 386 g/mol. The Hall–Kier alpha value is -2.71. The molecule has 9 heteroatoms. The Balaban J connectivity index is 2.54. The van der Waals surface area contributed by atoms with Gasteiger partial charge in [0, 0.05) is 11.3 Å². The summed E-state index contributed by atoms with van der Waals surface area (Å²) < 4.78 is 55.9. The lowest BCUT2D eigenvalue weighted by Gasteiger charge is -2.17. The van der Waals surface area contributed by atoms with E-state index in [0.29, 0.717) is 30.3 Å². The third-order valence-electron chi connectivity index (χ3n) is 3.53. The molecule has 2 rings (SSSR count). The van der Waals surface area contributed by atoms with Gasteiger partial charge in [-0.3, -0.25) is 4.79 Å². The quantitative estimate of drug-likeness (QED) is 0.717. The molecule has 0 spiro atoms. The van der Waals surface area contributed by atoms with Gasteiger partial charge in [-0.2, -0.15) is 18.3 Å². The molecule has 1 heterocycles. The SMILES string of the molecule is CCOc1cc(C(=O)n2nc(C(F)(F)F)cc2C)cc(OCC)c1OCC. The predicted molar refractivity (Wildman–Crippen MR) is 91.6 cm³/mol. The minimum Gasteiger partial charge on any atom is -0.490 e. The highest BCUT2D eigenvalue weighted by atomic mass is 19.4. The first kappa shape index (κ1) is 20.6. The van der Waals surface area contributed by atoms with Gasteiger partial charge in [0.25, 0.3) is 5.91 Å². The van der Waals surface area contributed by atoms with Crippen LogP contribution in [-0.2, 0) is 6.18 Å². The Morgan fingerprint density at radius 2 is 1.52 bits per heavy atom. The molecule has 0 aliphatic carbocycles. The first-order valence-electron chi connectivity index (χ1n) is 8.47. The van der Waals surface area contributed by atoms with Crippen LogP contribution in [0.4, 0.5) is 13.2 Å². The van der Waals surface area contributed by atoms with E-state index < -0.39 is 17.8 Å². The Bertz CT molecular complexity index is 788. The van der Waals surface area contributed by atoms with E-state index in [4.69, 9.17) is 14.2 Å². The van der Waals surface area contributed by atoms with E-state index >= 15 is 0 Å². The van der Waals surface area contributed by atoms with Gasteiger partial charge in [0.1, 0.15) is 0 Å². The summed E-state index contributed by atoms with van der Waals surface area (Å²) in [5, 5.41) is 3.40. The molecule has 0 bridgehead atoms. The van der Waals surface area contributed by atoms with Crippen LogP contribution >= 0.6 is 0 Å². The second-order valence-electron chi connectivity index (χ2n) is 5.49. The Morgan fingerprint density at radius 1 is 1.00 bits per heavy atom. The summed E-state index contributed by atoms with van der Waals surface area (Å²) in [5.41, 5.74) is -0.989. The van der Waals surface area contributed by atoms with E-state index in [1.807, 2.05) is 0 Å². The fourth-order valence-corrected chi connectivity index (χ4v) is 2.45. The number of nitrogens with zero attached hydrogens (tertiary/aromatic N) is 2. The molecule has 0 aliphatic rings. The molecule has 2 aromatic rings. The van der Waals surface area contributed by atoms with Crippen LogP contribution in [0.5, 0.6) is 17.2 Å². The van der Waals surface area contributed by atoms with Crippen LogP contribution in [0.1, 0.15) is 42.5 Å². The van der Waals surface area contributed by atoms with Gasteiger partial charge in [-0.1, -0.05) is 0 Å². The molecule has 0 unspecified atom stereocenters. The molecule has 0 saturated heterocycles.